The summed E-state index contributed by atoms with van der Waals surface area (Å²) in [6, 6.07) is 12.3. The van der Waals surface area contributed by atoms with Gasteiger partial charge in [0.1, 0.15) is 0 Å². The molecule has 0 bridgehead atoms. The highest BCUT2D eigenvalue weighted by Crippen LogP contribution is 2.23. The zero-order valence-corrected chi connectivity index (χ0v) is 17.7. The maximum absolute atomic E-state index is 12.7. The summed E-state index contributed by atoms with van der Waals surface area (Å²) in [4.78, 5) is 36.6. The number of fused-ring (bicyclic) bond motifs is 1. The monoisotopic (exact) mass is 456 g/mol. The quantitative estimate of drug-likeness (QED) is 0.536. The predicted molar refractivity (Wildman–Crippen MR) is 116 cm³/mol. The van der Waals surface area contributed by atoms with Crippen molar-refractivity contribution in [1.82, 2.24) is 14.5 Å². The Morgan fingerprint density at radius 3 is 2.53 bits per heavy atom. The molecule has 1 saturated heterocycles. The lowest BCUT2D eigenvalue weighted by Crippen LogP contribution is -2.28. The van der Waals surface area contributed by atoms with Crippen molar-refractivity contribution >= 4 is 38.4 Å². The van der Waals surface area contributed by atoms with Gasteiger partial charge in [-0.1, -0.05) is 24.3 Å². The summed E-state index contributed by atoms with van der Waals surface area (Å²) in [5.41, 5.74) is -0.302. The van der Waals surface area contributed by atoms with Crippen molar-refractivity contribution < 1.29 is 22.7 Å². The number of amides is 1. The third-order valence-corrected chi connectivity index (χ3v) is 6.94. The number of aromatic amines is 1. The van der Waals surface area contributed by atoms with E-state index in [2.05, 4.69) is 15.5 Å². The summed E-state index contributed by atoms with van der Waals surface area (Å²) in [7, 11) is -3.62. The minimum absolute atomic E-state index is 0.0816. The van der Waals surface area contributed by atoms with Gasteiger partial charge in [-0.3, -0.25) is 9.59 Å². The van der Waals surface area contributed by atoms with E-state index in [1.54, 1.807) is 30.3 Å². The lowest BCUT2D eigenvalue weighted by atomic mass is 10.1. The number of nitrogens with zero attached hydrogens (tertiary/aromatic N) is 2. The van der Waals surface area contributed by atoms with E-state index in [9.17, 15) is 22.8 Å². The van der Waals surface area contributed by atoms with Crippen LogP contribution in [-0.2, 0) is 19.6 Å². The molecule has 2 aromatic carbocycles. The summed E-state index contributed by atoms with van der Waals surface area (Å²) in [6.07, 6.45) is 1.64. The Hall–Kier alpha value is -3.57. The van der Waals surface area contributed by atoms with E-state index in [0.717, 1.165) is 12.8 Å². The van der Waals surface area contributed by atoms with E-state index in [1.165, 1.54) is 22.5 Å². The Bertz CT molecular complexity index is 1350. The van der Waals surface area contributed by atoms with Gasteiger partial charge in [0.25, 0.3) is 11.5 Å². The van der Waals surface area contributed by atoms with E-state index in [4.69, 9.17) is 4.74 Å². The maximum atomic E-state index is 12.7. The van der Waals surface area contributed by atoms with Gasteiger partial charge in [-0.05, 0) is 37.1 Å². The molecule has 0 unspecified atom stereocenters. The van der Waals surface area contributed by atoms with Crippen LogP contribution in [0.15, 0.2) is 58.2 Å². The van der Waals surface area contributed by atoms with E-state index < -0.39 is 34.1 Å². The largest absolute Gasteiger partial charge is 0.451 e. The molecule has 3 aromatic rings. The fourth-order valence-electron chi connectivity index (χ4n) is 3.48. The van der Waals surface area contributed by atoms with Gasteiger partial charge in [-0.2, -0.15) is 9.40 Å². The number of sulfonamides is 1. The van der Waals surface area contributed by atoms with Crippen molar-refractivity contribution in [2.75, 3.05) is 25.0 Å². The number of hydrogen-bond donors (Lipinski definition) is 2. The van der Waals surface area contributed by atoms with Crippen LogP contribution >= 0.6 is 0 Å². The number of esters is 1. The van der Waals surface area contributed by atoms with Gasteiger partial charge in [0.15, 0.2) is 12.3 Å². The van der Waals surface area contributed by atoms with Crippen LogP contribution in [0, 0.1) is 0 Å². The molecule has 1 fully saturated rings. The highest BCUT2D eigenvalue weighted by molar-refractivity contribution is 7.89. The Morgan fingerprint density at radius 1 is 1.06 bits per heavy atom. The summed E-state index contributed by atoms with van der Waals surface area (Å²) < 4.78 is 31.8. The molecule has 1 amide bonds. The highest BCUT2D eigenvalue weighted by Gasteiger charge is 2.27. The van der Waals surface area contributed by atoms with Gasteiger partial charge in [-0.25, -0.2) is 18.3 Å². The Labute approximate surface area is 183 Å². The number of carbonyl (C=O) groups excluding carboxylic acids is 2. The zero-order valence-electron chi connectivity index (χ0n) is 16.9. The molecule has 2 N–H and O–H groups in total. The second kappa shape index (κ2) is 8.89. The number of hydrogen-bond acceptors (Lipinski definition) is 7. The molecular formula is C21H20N4O6S. The van der Waals surface area contributed by atoms with E-state index in [0.29, 0.717) is 18.5 Å². The lowest BCUT2D eigenvalue weighted by Gasteiger charge is -2.16. The second-order valence-electron chi connectivity index (χ2n) is 7.21. The molecule has 2 heterocycles. The first-order valence-electron chi connectivity index (χ1n) is 9.91. The summed E-state index contributed by atoms with van der Waals surface area (Å²) in [5, 5.41) is 9.06. The number of ether oxygens (including phenoxy) is 1. The Balaban J connectivity index is 1.42. The fourth-order valence-corrected chi connectivity index (χ4v) is 5.04. The molecule has 1 aromatic heterocycles. The van der Waals surface area contributed by atoms with Crippen LogP contribution in [0.1, 0.15) is 23.3 Å². The molecule has 166 valence electrons. The molecule has 32 heavy (non-hydrogen) atoms. The van der Waals surface area contributed by atoms with Gasteiger partial charge >= 0.3 is 5.97 Å². The van der Waals surface area contributed by atoms with Crippen LogP contribution < -0.4 is 10.9 Å². The van der Waals surface area contributed by atoms with Crippen molar-refractivity contribution in [3.05, 3.63) is 64.6 Å². The Morgan fingerprint density at radius 2 is 1.78 bits per heavy atom. The Kier molecular flexibility index (Phi) is 6.01. The van der Waals surface area contributed by atoms with E-state index in [-0.39, 0.29) is 21.7 Å². The zero-order chi connectivity index (χ0) is 22.7. The van der Waals surface area contributed by atoms with Crippen molar-refractivity contribution in [3.63, 3.8) is 0 Å². The van der Waals surface area contributed by atoms with Crippen molar-refractivity contribution in [2.45, 2.75) is 17.7 Å². The number of H-pyrrole nitrogens is 1. The van der Waals surface area contributed by atoms with Crippen LogP contribution in [0.25, 0.3) is 10.8 Å². The number of rotatable bonds is 6. The molecule has 0 atom stereocenters. The lowest BCUT2D eigenvalue weighted by molar-refractivity contribution is -0.119. The molecular weight excluding hydrogens is 436 g/mol. The summed E-state index contributed by atoms with van der Waals surface area (Å²) >= 11 is 0. The molecule has 4 rings (SSSR count). The van der Waals surface area contributed by atoms with E-state index in [1.807, 2.05) is 0 Å². The van der Waals surface area contributed by atoms with Crippen LogP contribution in [0.5, 0.6) is 0 Å². The second-order valence-corrected chi connectivity index (χ2v) is 9.15. The van der Waals surface area contributed by atoms with Crippen LogP contribution in [-0.4, -0.2) is 54.5 Å². The minimum Gasteiger partial charge on any atom is -0.451 e. The smallest absolute Gasteiger partial charge is 0.359 e. The van der Waals surface area contributed by atoms with Crippen molar-refractivity contribution in [3.8, 4) is 0 Å². The van der Waals surface area contributed by atoms with Gasteiger partial charge in [0, 0.05) is 24.2 Å². The first-order valence-corrected chi connectivity index (χ1v) is 11.3. The van der Waals surface area contributed by atoms with Gasteiger partial charge in [-0.15, -0.1) is 0 Å². The molecule has 0 spiro atoms. The standard InChI is InChI=1S/C21H20N4O6S/c26-18(13-31-21(28)19-16-8-1-2-9-17(16)20(27)24-23-19)22-14-6-5-7-15(12-14)32(29,30)25-10-3-4-11-25/h1-2,5-9,12H,3-4,10-11,13H2,(H,22,26)(H,24,27). The summed E-state index contributed by atoms with van der Waals surface area (Å²) in [6.45, 7) is 0.335. The third-order valence-electron chi connectivity index (χ3n) is 5.04. The highest BCUT2D eigenvalue weighted by atomic mass is 32.2. The first kappa shape index (κ1) is 21.7. The molecule has 1 aliphatic heterocycles. The molecule has 10 nitrogen and oxygen atoms in total. The van der Waals surface area contributed by atoms with Crippen LogP contribution in [0.3, 0.4) is 0 Å². The minimum atomic E-state index is -3.62. The maximum Gasteiger partial charge on any atom is 0.359 e. The SMILES string of the molecule is O=C(COC(=O)c1n[nH]c(=O)c2ccccc12)Nc1cccc(S(=O)(=O)N2CCCC2)c1. The fraction of sp³-hybridized carbons (Fsp3) is 0.238. The van der Waals surface area contributed by atoms with Crippen LogP contribution in [0.4, 0.5) is 5.69 Å². The van der Waals surface area contributed by atoms with Gasteiger partial charge in [0.2, 0.25) is 10.0 Å². The first-order chi connectivity index (χ1) is 15.4. The average Bonchev–Trinajstić information content (AvgIpc) is 3.34. The molecule has 0 aliphatic carbocycles. The van der Waals surface area contributed by atoms with E-state index >= 15 is 0 Å². The third kappa shape index (κ3) is 4.39. The van der Waals surface area contributed by atoms with Crippen LogP contribution in [0.2, 0.25) is 0 Å². The predicted octanol–water partition coefficient (Wildman–Crippen LogP) is 1.50. The summed E-state index contributed by atoms with van der Waals surface area (Å²) in [5.74, 6) is -1.53. The molecule has 11 heteroatoms. The average molecular weight is 456 g/mol. The van der Waals surface area contributed by atoms with Gasteiger partial charge < -0.3 is 10.1 Å². The van der Waals surface area contributed by atoms with Gasteiger partial charge in [0.05, 0.1) is 10.3 Å². The number of nitrogens with one attached hydrogen (secondary N) is 2. The number of carbonyl (C=O) groups is 2. The molecule has 1 aliphatic rings. The number of anilines is 1. The van der Waals surface area contributed by atoms with Crippen molar-refractivity contribution in [2.24, 2.45) is 0 Å². The topological polar surface area (TPSA) is 139 Å². The number of benzene rings is 2. The normalized spacial score (nSPS) is 14.4. The molecule has 0 radical (unpaired) electrons. The molecule has 0 saturated carbocycles. The van der Waals surface area contributed by atoms with Crippen molar-refractivity contribution in [1.29, 1.82) is 0 Å². The number of aromatic nitrogens is 2.